The highest BCUT2D eigenvalue weighted by Crippen LogP contribution is 2.43. The molecule has 0 bridgehead atoms. The van der Waals surface area contributed by atoms with Crippen molar-refractivity contribution in [1.29, 1.82) is 0 Å². The summed E-state index contributed by atoms with van der Waals surface area (Å²) < 4.78 is 45.9. The zero-order valence-corrected chi connectivity index (χ0v) is 39.8. The summed E-state index contributed by atoms with van der Waals surface area (Å²) in [5, 5.41) is 0. The maximum absolute atomic E-state index is 12.8. The van der Waals surface area contributed by atoms with Crippen molar-refractivity contribution in [2.45, 2.75) is 208 Å². The summed E-state index contributed by atoms with van der Waals surface area (Å²) in [5.41, 5.74) is 3.91. The van der Waals surface area contributed by atoms with Gasteiger partial charge in [0.1, 0.15) is 29.6 Å². The molecule has 2 heterocycles. The molecule has 346 valence electrons. The number of phosphoric acid groups is 1. The fraction of sp³-hybridized carbons (Fsp3) is 0.792. The molecule has 0 radical (unpaired) electrons. The second-order valence-electron chi connectivity index (χ2n) is 17.1. The highest BCUT2D eigenvalue weighted by atomic mass is 31.2. The number of esters is 2. The lowest BCUT2D eigenvalue weighted by atomic mass is 10.0. The molecule has 0 aliphatic carbocycles. The van der Waals surface area contributed by atoms with E-state index in [1.54, 1.807) is 0 Å². The van der Waals surface area contributed by atoms with Gasteiger partial charge in [0.05, 0.1) is 13.2 Å². The molecule has 0 saturated heterocycles. The molecular formula is C48H84NO10P. The number of carbonyl (C=O) groups excluding carboxylic acids is 2. The smallest absolute Gasteiger partial charge is 0.466 e. The van der Waals surface area contributed by atoms with E-state index in [1.807, 2.05) is 19.0 Å². The third-order valence-electron chi connectivity index (χ3n) is 11.2. The number of aryl methyl sites for hydroxylation is 5. The minimum absolute atomic E-state index is 0.00399. The molecule has 2 atom stereocenters. The Hall–Kier alpha value is -2.43. The second kappa shape index (κ2) is 32.3. The van der Waals surface area contributed by atoms with Gasteiger partial charge in [-0.25, -0.2) is 4.57 Å². The van der Waals surface area contributed by atoms with Crippen LogP contribution in [-0.2, 0) is 58.4 Å². The standard InChI is InChI=1S/C48H84NO10P/c1-8-10-23-29-42-36-39(3)44(57-42)30-24-19-15-11-13-17-21-26-32-47(50)54-37-43(38-56-60(52,53)55-35-34-49(6)7)58-48(51)33-27-22-18-14-12-16-20-25-31-46-41(5)40(4)45(59-46)28-9-2/h36,43H,8-35,37-38H2,1-7H3,(H,52,53)/t43-/m1/s1. The molecule has 2 aromatic heterocycles. The number of ether oxygens (including phenoxy) is 2. The molecule has 60 heavy (non-hydrogen) atoms. The van der Waals surface area contributed by atoms with Gasteiger partial charge in [0.25, 0.3) is 0 Å². The summed E-state index contributed by atoms with van der Waals surface area (Å²) in [4.78, 5) is 37.3. The molecule has 2 rings (SSSR count). The molecule has 0 fully saturated rings. The lowest BCUT2D eigenvalue weighted by Crippen LogP contribution is -2.29. The summed E-state index contributed by atoms with van der Waals surface area (Å²) in [6, 6.07) is 2.21. The summed E-state index contributed by atoms with van der Waals surface area (Å²) in [7, 11) is -0.743. The Labute approximate surface area is 364 Å². The largest absolute Gasteiger partial charge is 0.472 e. The zero-order chi connectivity index (χ0) is 44.0. The first-order chi connectivity index (χ1) is 28.8. The van der Waals surface area contributed by atoms with Crippen molar-refractivity contribution < 1.29 is 46.4 Å². The molecule has 0 spiro atoms. The Morgan fingerprint density at radius 1 is 0.633 bits per heavy atom. The van der Waals surface area contributed by atoms with E-state index in [2.05, 4.69) is 40.7 Å². The van der Waals surface area contributed by atoms with Crippen LogP contribution in [0.15, 0.2) is 14.9 Å². The first-order valence-electron chi connectivity index (χ1n) is 23.6. The maximum Gasteiger partial charge on any atom is 0.472 e. The molecule has 2 aromatic rings. The minimum atomic E-state index is -4.39. The number of furan rings is 2. The Morgan fingerprint density at radius 3 is 1.72 bits per heavy atom. The van der Waals surface area contributed by atoms with Crippen LogP contribution < -0.4 is 0 Å². The van der Waals surface area contributed by atoms with Crippen LogP contribution >= 0.6 is 7.82 Å². The number of rotatable bonds is 38. The average molecular weight is 866 g/mol. The average Bonchev–Trinajstić information content (AvgIpc) is 3.69. The Balaban J connectivity index is 1.61. The van der Waals surface area contributed by atoms with E-state index in [0.717, 1.165) is 113 Å². The summed E-state index contributed by atoms with van der Waals surface area (Å²) in [6.45, 7) is 10.6. The molecule has 1 N–H and O–H groups in total. The number of likely N-dealkylation sites (N-methyl/N-ethyl adjacent to an activating group) is 1. The van der Waals surface area contributed by atoms with Gasteiger partial charge in [0.2, 0.25) is 0 Å². The van der Waals surface area contributed by atoms with Crippen LogP contribution in [0.25, 0.3) is 0 Å². The highest BCUT2D eigenvalue weighted by Gasteiger charge is 2.26. The second-order valence-corrected chi connectivity index (χ2v) is 18.5. The molecule has 0 aliphatic heterocycles. The van der Waals surface area contributed by atoms with Crippen LogP contribution in [0.4, 0.5) is 0 Å². The maximum atomic E-state index is 12.8. The van der Waals surface area contributed by atoms with E-state index in [1.165, 1.54) is 68.1 Å². The van der Waals surface area contributed by atoms with Crippen LogP contribution in [0.1, 0.15) is 195 Å². The third kappa shape index (κ3) is 24.9. The van der Waals surface area contributed by atoms with Crippen LogP contribution in [-0.4, -0.2) is 68.3 Å². The predicted octanol–water partition coefficient (Wildman–Crippen LogP) is 12.4. The van der Waals surface area contributed by atoms with E-state index < -0.39 is 26.5 Å². The van der Waals surface area contributed by atoms with Crippen molar-refractivity contribution in [1.82, 2.24) is 4.90 Å². The molecule has 1 unspecified atom stereocenters. The van der Waals surface area contributed by atoms with Gasteiger partial charge < -0.3 is 28.1 Å². The molecule has 0 saturated carbocycles. The first kappa shape index (κ1) is 53.7. The van der Waals surface area contributed by atoms with Crippen LogP contribution in [0.5, 0.6) is 0 Å². The van der Waals surface area contributed by atoms with Crippen molar-refractivity contribution in [2.75, 3.05) is 40.5 Å². The molecule has 0 aliphatic rings. The topological polar surface area (TPSA) is 138 Å². The molecule has 0 amide bonds. The van der Waals surface area contributed by atoms with E-state index in [-0.39, 0.29) is 32.0 Å². The fourth-order valence-corrected chi connectivity index (χ4v) is 8.08. The Kier molecular flexibility index (Phi) is 28.9. The first-order valence-corrected chi connectivity index (χ1v) is 25.1. The Bertz CT molecular complexity index is 1480. The van der Waals surface area contributed by atoms with Crippen LogP contribution in [0.3, 0.4) is 0 Å². The number of hydrogen-bond acceptors (Lipinski definition) is 10. The van der Waals surface area contributed by atoms with Gasteiger partial charge in [-0.05, 0) is 96.1 Å². The van der Waals surface area contributed by atoms with Gasteiger partial charge in [-0.15, -0.1) is 0 Å². The van der Waals surface area contributed by atoms with E-state index in [9.17, 15) is 19.0 Å². The number of phosphoric ester groups is 1. The van der Waals surface area contributed by atoms with Gasteiger partial charge in [-0.2, -0.15) is 0 Å². The van der Waals surface area contributed by atoms with E-state index in [4.69, 9.17) is 27.4 Å². The van der Waals surface area contributed by atoms with Crippen molar-refractivity contribution >= 4 is 19.8 Å². The van der Waals surface area contributed by atoms with Crippen molar-refractivity contribution in [3.05, 3.63) is 45.8 Å². The monoisotopic (exact) mass is 866 g/mol. The van der Waals surface area contributed by atoms with Gasteiger partial charge in [-0.1, -0.05) is 104 Å². The summed E-state index contributed by atoms with van der Waals surface area (Å²) in [5.74, 6) is 3.73. The quantitative estimate of drug-likeness (QED) is 0.0392. The summed E-state index contributed by atoms with van der Waals surface area (Å²) in [6.07, 6.45) is 25.2. The number of unbranched alkanes of at least 4 members (excludes halogenated alkanes) is 16. The SMILES string of the molecule is CCCCCc1cc(C)c(CCCCCCCCCCC(=O)OC[C@H](COP(=O)(O)OCCN(C)C)OC(=O)CCCCCCCCCCc2oc(CCC)c(C)c2C)o1. The lowest BCUT2D eigenvalue weighted by molar-refractivity contribution is -0.161. The fourth-order valence-electron chi connectivity index (χ4n) is 7.34. The van der Waals surface area contributed by atoms with Crippen molar-refractivity contribution in [2.24, 2.45) is 0 Å². The zero-order valence-electron chi connectivity index (χ0n) is 38.9. The number of carbonyl (C=O) groups is 2. The van der Waals surface area contributed by atoms with Gasteiger partial charge >= 0.3 is 19.8 Å². The third-order valence-corrected chi connectivity index (χ3v) is 12.2. The van der Waals surface area contributed by atoms with Gasteiger partial charge in [0, 0.05) is 45.1 Å². The predicted molar refractivity (Wildman–Crippen MR) is 240 cm³/mol. The normalized spacial score (nSPS) is 13.2. The van der Waals surface area contributed by atoms with Gasteiger partial charge in [-0.3, -0.25) is 18.6 Å². The number of nitrogens with zero attached hydrogens (tertiary/aromatic N) is 1. The Morgan fingerprint density at radius 2 is 1.15 bits per heavy atom. The van der Waals surface area contributed by atoms with E-state index in [0.29, 0.717) is 19.4 Å². The summed E-state index contributed by atoms with van der Waals surface area (Å²) >= 11 is 0. The minimum Gasteiger partial charge on any atom is -0.466 e. The number of hydrogen-bond donors (Lipinski definition) is 1. The molecule has 12 heteroatoms. The molecular weight excluding hydrogens is 781 g/mol. The van der Waals surface area contributed by atoms with E-state index >= 15 is 0 Å². The van der Waals surface area contributed by atoms with Crippen molar-refractivity contribution in [3.63, 3.8) is 0 Å². The molecule has 11 nitrogen and oxygen atoms in total. The van der Waals surface area contributed by atoms with Crippen LogP contribution in [0.2, 0.25) is 0 Å². The lowest BCUT2D eigenvalue weighted by Gasteiger charge is -2.20. The molecule has 0 aromatic carbocycles. The van der Waals surface area contributed by atoms with Crippen molar-refractivity contribution in [3.8, 4) is 0 Å². The van der Waals surface area contributed by atoms with Gasteiger partial charge in [0.15, 0.2) is 6.10 Å². The highest BCUT2D eigenvalue weighted by molar-refractivity contribution is 7.47. The van der Waals surface area contributed by atoms with Crippen LogP contribution in [0, 0.1) is 20.8 Å².